The minimum Gasteiger partial charge on any atom is -0.370 e. The van der Waals surface area contributed by atoms with Gasteiger partial charge in [0.25, 0.3) is 0 Å². The van der Waals surface area contributed by atoms with Crippen LogP contribution in [-0.2, 0) is 4.74 Å². The summed E-state index contributed by atoms with van der Waals surface area (Å²) in [4.78, 5) is 0. The highest BCUT2D eigenvalue weighted by Crippen LogP contribution is 2.38. The van der Waals surface area contributed by atoms with Gasteiger partial charge in [0.1, 0.15) is 0 Å². The molecule has 3 atom stereocenters. The predicted molar refractivity (Wildman–Crippen MR) is 31.7 cm³/mol. The molecule has 0 bridgehead atoms. The van der Waals surface area contributed by atoms with Gasteiger partial charge < -0.3 is 4.74 Å². The van der Waals surface area contributed by atoms with E-state index in [1.165, 1.54) is 19.3 Å². The molecule has 2 fully saturated rings. The Bertz CT molecular complexity index is 101. The average Bonchev–Trinajstić information content (AvgIpc) is 2.43. The number of fused-ring (bicyclic) bond motifs is 1. The van der Waals surface area contributed by atoms with Gasteiger partial charge in [-0.15, -0.1) is 0 Å². The number of rotatable bonds is 0. The van der Waals surface area contributed by atoms with E-state index >= 15 is 0 Å². The highest BCUT2D eigenvalue weighted by Gasteiger charge is 2.42. The first-order valence-corrected chi connectivity index (χ1v) is 3.52. The van der Waals surface area contributed by atoms with E-state index in [0.717, 1.165) is 5.92 Å². The maximum absolute atomic E-state index is 5.35. The third-order valence-electron chi connectivity index (χ3n) is 2.27. The van der Waals surface area contributed by atoms with Crippen molar-refractivity contribution in [1.29, 1.82) is 0 Å². The van der Waals surface area contributed by atoms with Crippen LogP contribution in [0, 0.1) is 5.92 Å². The van der Waals surface area contributed by atoms with Crippen LogP contribution >= 0.6 is 0 Å². The molecule has 1 aliphatic carbocycles. The molecule has 2 rings (SSSR count). The van der Waals surface area contributed by atoms with Crippen LogP contribution in [0.3, 0.4) is 0 Å². The first-order valence-electron chi connectivity index (χ1n) is 3.52. The molecule has 1 nitrogen and oxygen atoms in total. The van der Waals surface area contributed by atoms with Crippen molar-refractivity contribution < 1.29 is 4.74 Å². The first kappa shape index (κ1) is 4.80. The lowest BCUT2D eigenvalue weighted by Gasteiger charge is -2.11. The van der Waals surface area contributed by atoms with E-state index in [1.807, 2.05) is 0 Å². The maximum Gasteiger partial charge on any atom is 0.0844 e. The fraction of sp³-hybridized carbons (Fsp3) is 1.00. The van der Waals surface area contributed by atoms with Crippen LogP contribution in [-0.4, -0.2) is 12.2 Å². The maximum atomic E-state index is 5.35. The third-order valence-corrected chi connectivity index (χ3v) is 2.27. The smallest absolute Gasteiger partial charge is 0.0844 e. The Balaban J connectivity index is 1.93. The third kappa shape index (κ3) is 0.655. The molecule has 0 aromatic carbocycles. The van der Waals surface area contributed by atoms with Crippen molar-refractivity contribution in [3.63, 3.8) is 0 Å². The Hall–Kier alpha value is -0.0400. The molecular formula is C7H12O. The van der Waals surface area contributed by atoms with Gasteiger partial charge in [-0.2, -0.15) is 0 Å². The van der Waals surface area contributed by atoms with Gasteiger partial charge in [-0.3, -0.25) is 0 Å². The fourth-order valence-electron chi connectivity index (χ4n) is 1.60. The van der Waals surface area contributed by atoms with Crippen LogP contribution < -0.4 is 0 Å². The molecule has 1 heteroatoms. The summed E-state index contributed by atoms with van der Waals surface area (Å²) in [6.07, 6.45) is 5.41. The molecule has 0 aromatic heterocycles. The van der Waals surface area contributed by atoms with E-state index in [9.17, 15) is 0 Å². The zero-order valence-corrected chi connectivity index (χ0v) is 5.26. The largest absolute Gasteiger partial charge is 0.370 e. The van der Waals surface area contributed by atoms with E-state index in [4.69, 9.17) is 4.74 Å². The van der Waals surface area contributed by atoms with Gasteiger partial charge in [-0.25, -0.2) is 0 Å². The summed E-state index contributed by atoms with van der Waals surface area (Å²) in [5.74, 6) is 0.929. The molecule has 8 heavy (non-hydrogen) atoms. The summed E-state index contributed by atoms with van der Waals surface area (Å²) in [5, 5.41) is 0. The lowest BCUT2D eigenvalue weighted by Crippen LogP contribution is -2.09. The average molecular weight is 112 g/mol. The van der Waals surface area contributed by atoms with E-state index in [2.05, 4.69) is 6.92 Å². The van der Waals surface area contributed by atoms with Crippen molar-refractivity contribution in [3.8, 4) is 0 Å². The number of epoxide rings is 1. The second kappa shape index (κ2) is 1.47. The van der Waals surface area contributed by atoms with Crippen molar-refractivity contribution in [2.24, 2.45) is 5.92 Å². The van der Waals surface area contributed by atoms with Gasteiger partial charge in [-0.1, -0.05) is 6.92 Å². The zero-order valence-electron chi connectivity index (χ0n) is 5.26. The normalized spacial score (nSPS) is 52.9. The molecule has 1 heterocycles. The van der Waals surface area contributed by atoms with E-state index in [-0.39, 0.29) is 0 Å². The van der Waals surface area contributed by atoms with Gasteiger partial charge in [0.2, 0.25) is 0 Å². The topological polar surface area (TPSA) is 12.5 Å². The molecule has 1 saturated heterocycles. The number of hydrogen-bond acceptors (Lipinski definition) is 1. The quantitative estimate of drug-likeness (QED) is 0.433. The lowest BCUT2D eigenvalue weighted by molar-refractivity contribution is 0.367. The molecular weight excluding hydrogens is 100 g/mol. The summed E-state index contributed by atoms with van der Waals surface area (Å²) in [5.41, 5.74) is 0. The Labute approximate surface area is 50.0 Å². The SMILES string of the molecule is CC1CC[C@@H]2OC2C1. The summed E-state index contributed by atoms with van der Waals surface area (Å²) in [6, 6.07) is 0. The van der Waals surface area contributed by atoms with Crippen LogP contribution in [0.5, 0.6) is 0 Å². The Morgan fingerprint density at radius 3 is 2.75 bits per heavy atom. The molecule has 1 aliphatic heterocycles. The summed E-state index contributed by atoms with van der Waals surface area (Å²) < 4.78 is 5.35. The number of hydrogen-bond donors (Lipinski definition) is 0. The van der Waals surface area contributed by atoms with Crippen LogP contribution in [0.25, 0.3) is 0 Å². The summed E-state index contributed by atoms with van der Waals surface area (Å²) in [6.45, 7) is 2.32. The second-order valence-corrected chi connectivity index (χ2v) is 3.13. The molecule has 2 unspecified atom stereocenters. The minimum absolute atomic E-state index is 0.679. The molecule has 1 saturated carbocycles. The van der Waals surface area contributed by atoms with Crippen molar-refractivity contribution in [2.75, 3.05) is 0 Å². The molecule has 46 valence electrons. The fourth-order valence-corrected chi connectivity index (χ4v) is 1.60. The highest BCUT2D eigenvalue weighted by molar-refractivity contribution is 4.90. The van der Waals surface area contributed by atoms with Crippen LogP contribution in [0.15, 0.2) is 0 Å². The van der Waals surface area contributed by atoms with Gasteiger partial charge in [0.15, 0.2) is 0 Å². The second-order valence-electron chi connectivity index (χ2n) is 3.13. The zero-order chi connectivity index (χ0) is 5.56. The molecule has 0 amide bonds. The monoisotopic (exact) mass is 112 g/mol. The Morgan fingerprint density at radius 1 is 1.25 bits per heavy atom. The van der Waals surface area contributed by atoms with Gasteiger partial charge >= 0.3 is 0 Å². The standard InChI is InChI=1S/C7H12O/c1-5-2-3-6-7(4-5)8-6/h5-7H,2-4H2,1H3/t5?,6-,7?/m0/s1. The molecule has 0 spiro atoms. The summed E-state index contributed by atoms with van der Waals surface area (Å²) in [7, 11) is 0. The van der Waals surface area contributed by atoms with Gasteiger partial charge in [-0.05, 0) is 25.2 Å². The van der Waals surface area contributed by atoms with E-state index in [0.29, 0.717) is 12.2 Å². The first-order chi connectivity index (χ1) is 3.86. The molecule has 0 N–H and O–H groups in total. The van der Waals surface area contributed by atoms with Crippen molar-refractivity contribution in [3.05, 3.63) is 0 Å². The number of ether oxygens (including phenoxy) is 1. The molecule has 2 aliphatic rings. The van der Waals surface area contributed by atoms with Crippen molar-refractivity contribution >= 4 is 0 Å². The molecule has 0 radical (unpaired) electrons. The molecule has 0 aromatic rings. The van der Waals surface area contributed by atoms with Crippen molar-refractivity contribution in [2.45, 2.75) is 38.4 Å². The van der Waals surface area contributed by atoms with Gasteiger partial charge in [0.05, 0.1) is 12.2 Å². The Morgan fingerprint density at radius 2 is 2.12 bits per heavy atom. The van der Waals surface area contributed by atoms with Crippen LogP contribution in [0.1, 0.15) is 26.2 Å². The lowest BCUT2D eigenvalue weighted by atomic mass is 9.91. The van der Waals surface area contributed by atoms with Crippen LogP contribution in [0.4, 0.5) is 0 Å². The Kier molecular flexibility index (Phi) is 0.884. The highest BCUT2D eigenvalue weighted by atomic mass is 16.6. The van der Waals surface area contributed by atoms with Crippen LogP contribution in [0.2, 0.25) is 0 Å². The van der Waals surface area contributed by atoms with Crippen molar-refractivity contribution in [1.82, 2.24) is 0 Å². The predicted octanol–water partition coefficient (Wildman–Crippen LogP) is 1.57. The minimum atomic E-state index is 0.679. The van der Waals surface area contributed by atoms with E-state index < -0.39 is 0 Å². The van der Waals surface area contributed by atoms with Gasteiger partial charge in [0, 0.05) is 0 Å². The summed E-state index contributed by atoms with van der Waals surface area (Å²) >= 11 is 0. The van der Waals surface area contributed by atoms with E-state index in [1.54, 1.807) is 0 Å².